The van der Waals surface area contributed by atoms with E-state index in [1.807, 2.05) is 0 Å². The smallest absolute Gasteiger partial charge is 0.295 e. The van der Waals surface area contributed by atoms with Gasteiger partial charge in [-0.2, -0.15) is 0 Å². The van der Waals surface area contributed by atoms with Crippen molar-refractivity contribution in [3.05, 3.63) is 59.0 Å². The lowest BCUT2D eigenvalue weighted by Gasteiger charge is -2.03. The predicted molar refractivity (Wildman–Crippen MR) is 103 cm³/mol. The van der Waals surface area contributed by atoms with Gasteiger partial charge in [0.2, 0.25) is 0 Å². The number of carbonyl (C=O) groups excluding carboxylic acids is 1. The van der Waals surface area contributed by atoms with Gasteiger partial charge in [0.1, 0.15) is 0 Å². The van der Waals surface area contributed by atoms with E-state index in [0.29, 0.717) is 27.4 Å². The standard InChI is InChI=1S/C19H13F3N4O2S/c1-28-15-5-3-9(6-11(15)20)14-8-29-19(25-14)26-18(27)10-2-4-12-13(7-10)24-17(23-12)16(21)22/h2-8,16H,1H3,(H,23,24)(H,25,26,27). The second-order valence-electron chi connectivity index (χ2n) is 6.00. The first-order valence-electron chi connectivity index (χ1n) is 8.33. The molecule has 0 saturated heterocycles. The van der Waals surface area contributed by atoms with Crippen LogP contribution in [-0.4, -0.2) is 28.0 Å². The first-order chi connectivity index (χ1) is 13.9. The van der Waals surface area contributed by atoms with Gasteiger partial charge in [-0.3, -0.25) is 10.1 Å². The number of hydrogen-bond acceptors (Lipinski definition) is 5. The van der Waals surface area contributed by atoms with E-state index in [0.717, 1.165) is 0 Å². The molecule has 10 heteroatoms. The number of nitrogens with zero attached hydrogens (tertiary/aromatic N) is 2. The normalized spacial score (nSPS) is 11.2. The molecule has 2 aromatic heterocycles. The number of thiazole rings is 1. The molecule has 29 heavy (non-hydrogen) atoms. The second kappa shape index (κ2) is 7.55. The van der Waals surface area contributed by atoms with Crippen LogP contribution in [0.15, 0.2) is 41.8 Å². The Hall–Kier alpha value is -3.40. The quantitative estimate of drug-likeness (QED) is 0.477. The number of carbonyl (C=O) groups is 1. The molecule has 0 radical (unpaired) electrons. The molecule has 2 aromatic carbocycles. The maximum absolute atomic E-state index is 13.9. The average molecular weight is 418 g/mol. The Morgan fingerprint density at radius 2 is 2.03 bits per heavy atom. The fourth-order valence-electron chi connectivity index (χ4n) is 2.73. The summed E-state index contributed by atoms with van der Waals surface area (Å²) < 4.78 is 44.3. The van der Waals surface area contributed by atoms with Gasteiger partial charge >= 0.3 is 0 Å². The van der Waals surface area contributed by atoms with E-state index in [2.05, 4.69) is 20.3 Å². The summed E-state index contributed by atoms with van der Waals surface area (Å²) in [5.41, 5.74) is 1.97. The van der Waals surface area contributed by atoms with Crippen LogP contribution in [0.5, 0.6) is 5.75 Å². The van der Waals surface area contributed by atoms with Gasteiger partial charge in [-0.05, 0) is 36.4 Å². The van der Waals surface area contributed by atoms with Gasteiger partial charge in [-0.25, -0.2) is 23.1 Å². The zero-order valence-electron chi connectivity index (χ0n) is 14.9. The van der Waals surface area contributed by atoms with Crippen LogP contribution in [0, 0.1) is 5.82 Å². The number of methoxy groups -OCH3 is 1. The molecule has 0 bridgehead atoms. The molecule has 0 unspecified atom stereocenters. The number of halogens is 3. The summed E-state index contributed by atoms with van der Waals surface area (Å²) in [6.07, 6.45) is -2.73. The Balaban J connectivity index is 1.53. The van der Waals surface area contributed by atoms with Crippen molar-refractivity contribution in [2.75, 3.05) is 12.4 Å². The minimum atomic E-state index is -2.73. The zero-order chi connectivity index (χ0) is 20.5. The Morgan fingerprint density at radius 3 is 2.76 bits per heavy atom. The van der Waals surface area contributed by atoms with Crippen molar-refractivity contribution in [3.8, 4) is 17.0 Å². The fraction of sp³-hybridized carbons (Fsp3) is 0.105. The van der Waals surface area contributed by atoms with E-state index in [9.17, 15) is 18.0 Å². The number of nitrogens with one attached hydrogen (secondary N) is 2. The number of anilines is 1. The molecule has 0 aliphatic carbocycles. The SMILES string of the molecule is COc1ccc(-c2csc(NC(=O)c3ccc4nc(C(F)F)[nH]c4c3)n2)cc1F. The van der Waals surface area contributed by atoms with Crippen molar-refractivity contribution < 1.29 is 22.7 Å². The minimum absolute atomic E-state index is 0.127. The highest BCUT2D eigenvalue weighted by atomic mass is 32.1. The number of aromatic nitrogens is 3. The average Bonchev–Trinajstić information content (AvgIpc) is 3.34. The number of H-pyrrole nitrogens is 1. The van der Waals surface area contributed by atoms with Crippen LogP contribution in [-0.2, 0) is 0 Å². The summed E-state index contributed by atoms with van der Waals surface area (Å²) in [5.74, 6) is -1.29. The zero-order valence-corrected chi connectivity index (χ0v) is 15.7. The molecular formula is C19H13F3N4O2S. The Bertz CT molecular complexity index is 1210. The molecule has 4 aromatic rings. The highest BCUT2D eigenvalue weighted by molar-refractivity contribution is 7.14. The van der Waals surface area contributed by atoms with Crippen molar-refractivity contribution in [1.82, 2.24) is 15.0 Å². The Morgan fingerprint density at radius 1 is 1.21 bits per heavy atom. The highest BCUT2D eigenvalue weighted by Crippen LogP contribution is 2.29. The number of benzene rings is 2. The van der Waals surface area contributed by atoms with Crippen molar-refractivity contribution in [2.24, 2.45) is 0 Å². The fourth-order valence-corrected chi connectivity index (χ4v) is 3.45. The van der Waals surface area contributed by atoms with Crippen LogP contribution in [0.2, 0.25) is 0 Å². The second-order valence-corrected chi connectivity index (χ2v) is 6.85. The van der Waals surface area contributed by atoms with Crippen LogP contribution < -0.4 is 10.1 Å². The monoisotopic (exact) mass is 418 g/mol. The van der Waals surface area contributed by atoms with Gasteiger partial charge in [0.25, 0.3) is 12.3 Å². The van der Waals surface area contributed by atoms with Gasteiger partial charge < -0.3 is 9.72 Å². The largest absolute Gasteiger partial charge is 0.494 e. The van der Waals surface area contributed by atoms with Crippen LogP contribution in [0.4, 0.5) is 18.3 Å². The molecule has 0 aliphatic rings. The third-order valence-corrected chi connectivity index (χ3v) is 4.90. The van der Waals surface area contributed by atoms with Gasteiger partial charge in [0.05, 0.1) is 23.8 Å². The van der Waals surface area contributed by atoms with Crippen LogP contribution >= 0.6 is 11.3 Å². The first kappa shape index (κ1) is 18.9. The molecule has 0 spiro atoms. The van der Waals surface area contributed by atoms with E-state index in [1.54, 1.807) is 11.4 Å². The van der Waals surface area contributed by atoms with Crippen molar-refractivity contribution >= 4 is 33.4 Å². The van der Waals surface area contributed by atoms with Crippen LogP contribution in [0.1, 0.15) is 22.6 Å². The molecular weight excluding hydrogens is 405 g/mol. The molecule has 0 aliphatic heterocycles. The van der Waals surface area contributed by atoms with Gasteiger partial charge in [-0.1, -0.05) is 0 Å². The molecule has 2 heterocycles. The highest BCUT2D eigenvalue weighted by Gasteiger charge is 2.15. The van der Waals surface area contributed by atoms with E-state index in [1.165, 1.54) is 48.8 Å². The Kier molecular flexibility index (Phi) is 4.93. The molecule has 1 amide bonds. The van der Waals surface area contributed by atoms with Crippen molar-refractivity contribution in [3.63, 3.8) is 0 Å². The van der Waals surface area contributed by atoms with E-state index >= 15 is 0 Å². The molecule has 4 rings (SSSR count). The van der Waals surface area contributed by atoms with E-state index in [-0.39, 0.29) is 11.3 Å². The van der Waals surface area contributed by atoms with Crippen molar-refractivity contribution in [1.29, 1.82) is 0 Å². The number of aromatic amines is 1. The summed E-state index contributed by atoms with van der Waals surface area (Å²) >= 11 is 1.18. The molecule has 0 fully saturated rings. The number of imidazole rings is 1. The number of fused-ring (bicyclic) bond motifs is 1. The van der Waals surface area contributed by atoms with Crippen molar-refractivity contribution in [2.45, 2.75) is 6.43 Å². The number of hydrogen-bond donors (Lipinski definition) is 2. The van der Waals surface area contributed by atoms with Gasteiger partial charge in [-0.15, -0.1) is 11.3 Å². The number of ether oxygens (including phenoxy) is 1. The molecule has 148 valence electrons. The van der Waals surface area contributed by atoms with Gasteiger partial charge in [0, 0.05) is 16.5 Å². The lowest BCUT2D eigenvalue weighted by atomic mass is 10.1. The number of rotatable bonds is 5. The lowest BCUT2D eigenvalue weighted by Crippen LogP contribution is -2.11. The summed E-state index contributed by atoms with van der Waals surface area (Å²) in [6, 6.07) is 8.87. The minimum Gasteiger partial charge on any atom is -0.494 e. The molecule has 2 N–H and O–H groups in total. The van der Waals surface area contributed by atoms with Crippen LogP contribution in [0.25, 0.3) is 22.3 Å². The molecule has 0 atom stereocenters. The predicted octanol–water partition coefficient (Wildman–Crippen LogP) is 5.02. The lowest BCUT2D eigenvalue weighted by molar-refractivity contribution is 0.102. The summed E-state index contributed by atoms with van der Waals surface area (Å²) in [4.78, 5) is 23.0. The van der Waals surface area contributed by atoms with Crippen LogP contribution in [0.3, 0.4) is 0 Å². The number of amides is 1. The third-order valence-electron chi connectivity index (χ3n) is 4.14. The maximum Gasteiger partial charge on any atom is 0.295 e. The maximum atomic E-state index is 13.9. The van der Waals surface area contributed by atoms with E-state index in [4.69, 9.17) is 4.74 Å². The third kappa shape index (κ3) is 3.79. The Labute approximate surface area is 166 Å². The first-order valence-corrected chi connectivity index (χ1v) is 9.21. The summed E-state index contributed by atoms with van der Waals surface area (Å²) in [6.45, 7) is 0. The molecule has 0 saturated carbocycles. The van der Waals surface area contributed by atoms with Gasteiger partial charge in [0.15, 0.2) is 22.5 Å². The summed E-state index contributed by atoms with van der Waals surface area (Å²) in [5, 5.41) is 4.65. The van der Waals surface area contributed by atoms with E-state index < -0.39 is 24.0 Å². The topological polar surface area (TPSA) is 79.9 Å². The summed E-state index contributed by atoms with van der Waals surface area (Å²) in [7, 11) is 1.38. The molecule has 6 nitrogen and oxygen atoms in total. The number of alkyl halides is 2.